The zero-order valence-corrected chi connectivity index (χ0v) is 10.7. The Morgan fingerprint density at radius 3 is 2.53 bits per heavy atom. The second-order valence-electron chi connectivity index (χ2n) is 4.10. The number of para-hydroxylation sites is 3. The third-order valence-corrected chi connectivity index (χ3v) is 2.64. The monoisotopic (exact) mass is 252 g/mol. The number of nitrogens with one attached hydrogen (secondary N) is 1. The van der Waals surface area contributed by atoms with Crippen LogP contribution in [0.4, 0.5) is 5.69 Å². The molecule has 0 saturated heterocycles. The van der Waals surface area contributed by atoms with Crippen molar-refractivity contribution in [1.29, 1.82) is 5.26 Å². The smallest absolute Gasteiger partial charge is 0.150 e. The molecule has 0 saturated carbocycles. The zero-order chi connectivity index (χ0) is 13.3. The fraction of sp³-hybridized carbons (Fsp3) is 0.188. The largest absolute Gasteiger partial charge is 0.455 e. The minimum absolute atomic E-state index is 0.564. The number of nitrogens with zero attached hydrogens (tertiary/aromatic N) is 1. The lowest BCUT2D eigenvalue weighted by Crippen LogP contribution is -2.02. The van der Waals surface area contributed by atoms with Crippen LogP contribution in [-0.4, -0.2) is 6.54 Å². The molecule has 0 radical (unpaired) electrons. The summed E-state index contributed by atoms with van der Waals surface area (Å²) in [5, 5.41) is 11.8. The average molecular weight is 252 g/mol. The van der Waals surface area contributed by atoms with E-state index in [1.165, 1.54) is 0 Å². The fourth-order valence-electron chi connectivity index (χ4n) is 1.71. The highest BCUT2D eigenvalue weighted by molar-refractivity contribution is 5.57. The van der Waals surface area contributed by atoms with E-state index in [4.69, 9.17) is 10.00 Å². The first-order chi connectivity index (χ1) is 9.40. The first kappa shape index (κ1) is 13.0. The Morgan fingerprint density at radius 2 is 1.74 bits per heavy atom. The first-order valence-electron chi connectivity index (χ1n) is 6.33. The molecule has 0 unspecified atom stereocenters. The van der Waals surface area contributed by atoms with Gasteiger partial charge in [-0.15, -0.1) is 0 Å². The lowest BCUT2D eigenvalue weighted by atomic mass is 10.2. The van der Waals surface area contributed by atoms with Crippen LogP contribution in [0.15, 0.2) is 54.6 Å². The maximum Gasteiger partial charge on any atom is 0.150 e. The molecule has 96 valence electrons. The standard InChI is InChI=1S/C16H16N2O/c17-12-6-7-13-18-15-10-4-5-11-16(15)19-14-8-2-1-3-9-14/h1-5,8-11,18H,6-7,13H2. The third-order valence-electron chi connectivity index (χ3n) is 2.64. The second-order valence-corrected chi connectivity index (χ2v) is 4.10. The SMILES string of the molecule is N#CCCCNc1ccccc1Oc1ccccc1. The molecule has 0 fully saturated rings. The molecule has 0 spiro atoms. The summed E-state index contributed by atoms with van der Waals surface area (Å²) in [6.45, 7) is 0.767. The second kappa shape index (κ2) is 7.07. The van der Waals surface area contributed by atoms with Crippen LogP contribution in [0.5, 0.6) is 11.5 Å². The maximum absolute atomic E-state index is 8.51. The van der Waals surface area contributed by atoms with E-state index < -0.39 is 0 Å². The average Bonchev–Trinajstić information content (AvgIpc) is 2.46. The summed E-state index contributed by atoms with van der Waals surface area (Å²) in [6.07, 6.45) is 1.39. The van der Waals surface area contributed by atoms with Crippen LogP contribution in [0, 0.1) is 11.3 Å². The van der Waals surface area contributed by atoms with Gasteiger partial charge in [-0.05, 0) is 30.7 Å². The Hall–Kier alpha value is -2.47. The molecule has 1 N–H and O–H groups in total. The minimum Gasteiger partial charge on any atom is -0.455 e. The summed E-state index contributed by atoms with van der Waals surface area (Å²) in [7, 11) is 0. The van der Waals surface area contributed by atoms with Crippen molar-refractivity contribution in [3.05, 3.63) is 54.6 Å². The molecule has 2 rings (SSSR count). The Kier molecular flexibility index (Phi) is 4.83. The van der Waals surface area contributed by atoms with Gasteiger partial charge < -0.3 is 10.1 Å². The van der Waals surface area contributed by atoms with E-state index in [0.29, 0.717) is 6.42 Å². The molecule has 0 atom stereocenters. The van der Waals surface area contributed by atoms with Gasteiger partial charge in [0.05, 0.1) is 11.8 Å². The summed E-state index contributed by atoms with van der Waals surface area (Å²) in [4.78, 5) is 0. The van der Waals surface area contributed by atoms with Gasteiger partial charge >= 0.3 is 0 Å². The van der Waals surface area contributed by atoms with E-state index in [-0.39, 0.29) is 0 Å². The minimum atomic E-state index is 0.564. The predicted octanol–water partition coefficient (Wildman–Crippen LogP) is 4.19. The number of hydrogen-bond acceptors (Lipinski definition) is 3. The molecule has 0 bridgehead atoms. The zero-order valence-electron chi connectivity index (χ0n) is 10.7. The number of nitriles is 1. The summed E-state index contributed by atoms with van der Waals surface area (Å²) in [5.74, 6) is 1.61. The third kappa shape index (κ3) is 4.04. The Labute approximate surface area is 113 Å². The fourth-order valence-corrected chi connectivity index (χ4v) is 1.71. The highest BCUT2D eigenvalue weighted by Crippen LogP contribution is 2.28. The highest BCUT2D eigenvalue weighted by Gasteiger charge is 2.03. The van der Waals surface area contributed by atoms with E-state index in [1.807, 2.05) is 54.6 Å². The lowest BCUT2D eigenvalue weighted by Gasteiger charge is -2.12. The molecule has 0 amide bonds. The summed E-state index contributed by atoms with van der Waals surface area (Å²) in [6, 6.07) is 19.6. The number of benzene rings is 2. The molecule has 2 aromatic carbocycles. The van der Waals surface area contributed by atoms with Crippen LogP contribution >= 0.6 is 0 Å². The molecule has 0 aliphatic heterocycles. The Balaban J connectivity index is 2.02. The van der Waals surface area contributed by atoms with Gasteiger partial charge in [-0.3, -0.25) is 0 Å². The van der Waals surface area contributed by atoms with Gasteiger partial charge in [-0.1, -0.05) is 30.3 Å². The van der Waals surface area contributed by atoms with Gasteiger partial charge in [0.2, 0.25) is 0 Å². The van der Waals surface area contributed by atoms with E-state index in [9.17, 15) is 0 Å². The Morgan fingerprint density at radius 1 is 1.00 bits per heavy atom. The normalized spacial score (nSPS) is 9.63. The van der Waals surface area contributed by atoms with Crippen molar-refractivity contribution < 1.29 is 4.74 Å². The van der Waals surface area contributed by atoms with Crippen molar-refractivity contribution in [2.24, 2.45) is 0 Å². The van der Waals surface area contributed by atoms with Gasteiger partial charge in [0.15, 0.2) is 5.75 Å². The van der Waals surface area contributed by atoms with Crippen LogP contribution in [0.1, 0.15) is 12.8 Å². The molecule has 0 aromatic heterocycles. The molecule has 0 aliphatic carbocycles. The number of hydrogen-bond donors (Lipinski definition) is 1. The van der Waals surface area contributed by atoms with Gasteiger partial charge in [0.25, 0.3) is 0 Å². The van der Waals surface area contributed by atoms with Gasteiger partial charge in [0.1, 0.15) is 5.75 Å². The number of anilines is 1. The van der Waals surface area contributed by atoms with Crippen molar-refractivity contribution in [3.63, 3.8) is 0 Å². The van der Waals surface area contributed by atoms with E-state index in [1.54, 1.807) is 0 Å². The summed E-state index contributed by atoms with van der Waals surface area (Å²) >= 11 is 0. The van der Waals surface area contributed by atoms with E-state index in [0.717, 1.165) is 30.2 Å². The van der Waals surface area contributed by atoms with Crippen LogP contribution < -0.4 is 10.1 Å². The van der Waals surface area contributed by atoms with Crippen LogP contribution in [-0.2, 0) is 0 Å². The van der Waals surface area contributed by atoms with Crippen molar-refractivity contribution in [2.45, 2.75) is 12.8 Å². The lowest BCUT2D eigenvalue weighted by molar-refractivity contribution is 0.484. The number of ether oxygens (including phenoxy) is 1. The number of unbranched alkanes of at least 4 members (excludes halogenated alkanes) is 1. The van der Waals surface area contributed by atoms with Crippen LogP contribution in [0.3, 0.4) is 0 Å². The van der Waals surface area contributed by atoms with Gasteiger partial charge in [0, 0.05) is 13.0 Å². The number of rotatable bonds is 6. The van der Waals surface area contributed by atoms with Gasteiger partial charge in [-0.2, -0.15) is 5.26 Å². The maximum atomic E-state index is 8.51. The molecular weight excluding hydrogens is 236 g/mol. The molecule has 0 aliphatic rings. The topological polar surface area (TPSA) is 45.0 Å². The first-order valence-corrected chi connectivity index (χ1v) is 6.33. The Bertz CT molecular complexity index is 546. The molecular formula is C16H16N2O. The highest BCUT2D eigenvalue weighted by atomic mass is 16.5. The van der Waals surface area contributed by atoms with Crippen molar-refractivity contribution in [2.75, 3.05) is 11.9 Å². The van der Waals surface area contributed by atoms with E-state index in [2.05, 4.69) is 11.4 Å². The van der Waals surface area contributed by atoms with Crippen molar-refractivity contribution in [3.8, 4) is 17.6 Å². The molecule has 2 aromatic rings. The molecule has 3 nitrogen and oxygen atoms in total. The van der Waals surface area contributed by atoms with Crippen molar-refractivity contribution >= 4 is 5.69 Å². The molecule has 19 heavy (non-hydrogen) atoms. The van der Waals surface area contributed by atoms with E-state index >= 15 is 0 Å². The summed E-state index contributed by atoms with van der Waals surface area (Å²) in [5.41, 5.74) is 0.948. The predicted molar refractivity (Wildman–Crippen MR) is 76.3 cm³/mol. The quantitative estimate of drug-likeness (QED) is 0.784. The van der Waals surface area contributed by atoms with Crippen LogP contribution in [0.25, 0.3) is 0 Å². The van der Waals surface area contributed by atoms with Crippen LogP contribution in [0.2, 0.25) is 0 Å². The van der Waals surface area contributed by atoms with Gasteiger partial charge in [-0.25, -0.2) is 0 Å². The summed E-state index contributed by atoms with van der Waals surface area (Å²) < 4.78 is 5.84. The van der Waals surface area contributed by atoms with Crippen molar-refractivity contribution in [1.82, 2.24) is 0 Å². The molecule has 0 heterocycles. The molecule has 3 heteroatoms.